The Morgan fingerprint density at radius 2 is 1.83 bits per heavy atom. The Kier molecular flexibility index (Phi) is 6.47. The number of hydrogen-bond donors (Lipinski definition) is 2. The molecule has 0 radical (unpaired) electrons. The van der Waals surface area contributed by atoms with Crippen LogP contribution in [0.25, 0.3) is 0 Å². The molecule has 0 aromatic heterocycles. The molecule has 2 N–H and O–H groups in total. The molecule has 2 aromatic rings. The molecule has 0 atom stereocenters. The summed E-state index contributed by atoms with van der Waals surface area (Å²) in [5, 5.41) is 14.5. The molecule has 0 spiro atoms. The van der Waals surface area contributed by atoms with Gasteiger partial charge in [0.1, 0.15) is 11.9 Å². The molecular formula is C21H19ClFN3O3. The van der Waals surface area contributed by atoms with Gasteiger partial charge in [0.05, 0.1) is 11.3 Å². The Hall–Kier alpha value is -2.95. The van der Waals surface area contributed by atoms with Crippen LogP contribution in [-0.2, 0) is 19.7 Å². The van der Waals surface area contributed by atoms with Crippen molar-refractivity contribution in [3.63, 3.8) is 0 Å². The predicted molar refractivity (Wildman–Crippen MR) is 106 cm³/mol. The van der Waals surface area contributed by atoms with E-state index in [2.05, 4.69) is 10.6 Å². The number of rotatable bonds is 4. The van der Waals surface area contributed by atoms with Crippen LogP contribution in [-0.4, -0.2) is 31.6 Å². The van der Waals surface area contributed by atoms with Crippen molar-refractivity contribution in [1.82, 2.24) is 5.32 Å². The van der Waals surface area contributed by atoms with Crippen LogP contribution < -0.4 is 10.6 Å². The lowest BCUT2D eigenvalue weighted by Crippen LogP contribution is -2.47. The van der Waals surface area contributed by atoms with Gasteiger partial charge in [0.25, 0.3) is 0 Å². The first-order valence-electron chi connectivity index (χ1n) is 9.06. The van der Waals surface area contributed by atoms with E-state index in [0.717, 1.165) is 5.56 Å². The summed E-state index contributed by atoms with van der Waals surface area (Å²) in [6.45, 7) is 1.22. The second-order valence-corrected chi connectivity index (χ2v) is 7.27. The normalized spacial score (nSPS) is 15.2. The average Bonchev–Trinajstić information content (AvgIpc) is 2.73. The topological polar surface area (TPSA) is 91.2 Å². The summed E-state index contributed by atoms with van der Waals surface area (Å²) < 4.78 is 18.7. The van der Waals surface area contributed by atoms with Gasteiger partial charge in [-0.05, 0) is 48.7 Å². The van der Waals surface area contributed by atoms with Crippen molar-refractivity contribution in [3.05, 3.63) is 64.4 Å². The van der Waals surface area contributed by atoms with Gasteiger partial charge in [-0.25, -0.2) is 4.39 Å². The van der Waals surface area contributed by atoms with Crippen LogP contribution in [0.2, 0.25) is 5.02 Å². The van der Waals surface area contributed by atoms with Gasteiger partial charge in [-0.3, -0.25) is 9.59 Å². The molecule has 1 aliphatic heterocycles. The number of amides is 2. The monoisotopic (exact) mass is 415 g/mol. The maximum Gasteiger partial charge on any atom is 0.313 e. The second kappa shape index (κ2) is 9.03. The predicted octanol–water partition coefficient (Wildman–Crippen LogP) is 3.15. The summed E-state index contributed by atoms with van der Waals surface area (Å²) in [6, 6.07) is 12.5. The van der Waals surface area contributed by atoms with Gasteiger partial charge in [0, 0.05) is 30.2 Å². The highest BCUT2D eigenvalue weighted by Gasteiger charge is 2.35. The van der Waals surface area contributed by atoms with Crippen molar-refractivity contribution in [1.29, 1.82) is 5.26 Å². The summed E-state index contributed by atoms with van der Waals surface area (Å²) in [4.78, 5) is 24.7. The molecule has 150 valence electrons. The van der Waals surface area contributed by atoms with E-state index >= 15 is 0 Å². The van der Waals surface area contributed by atoms with Crippen LogP contribution in [0.1, 0.15) is 24.0 Å². The Morgan fingerprint density at radius 1 is 1.14 bits per heavy atom. The minimum atomic E-state index is -0.898. The number of halogens is 2. The molecule has 3 rings (SSSR count). The van der Waals surface area contributed by atoms with E-state index in [-0.39, 0.29) is 23.6 Å². The Balaban J connectivity index is 1.70. The Bertz CT molecular complexity index is 951. The third-order valence-electron chi connectivity index (χ3n) is 5.05. The van der Waals surface area contributed by atoms with E-state index in [1.807, 2.05) is 6.07 Å². The molecule has 1 aliphatic rings. The van der Waals surface area contributed by atoms with Crippen molar-refractivity contribution in [2.75, 3.05) is 25.1 Å². The lowest BCUT2D eigenvalue weighted by molar-refractivity contribution is -0.136. The van der Waals surface area contributed by atoms with Crippen molar-refractivity contribution >= 4 is 29.1 Å². The number of carbonyl (C=O) groups excluding carboxylic acids is 2. The van der Waals surface area contributed by atoms with Gasteiger partial charge in [-0.2, -0.15) is 5.26 Å². The first kappa shape index (κ1) is 20.8. The van der Waals surface area contributed by atoms with Crippen LogP contribution >= 0.6 is 11.6 Å². The molecule has 29 heavy (non-hydrogen) atoms. The second-order valence-electron chi connectivity index (χ2n) is 6.84. The summed E-state index contributed by atoms with van der Waals surface area (Å²) in [7, 11) is 0. The van der Waals surface area contributed by atoms with Gasteiger partial charge < -0.3 is 15.4 Å². The highest BCUT2D eigenvalue weighted by molar-refractivity contribution is 6.40. The lowest BCUT2D eigenvalue weighted by Gasteiger charge is -2.37. The highest BCUT2D eigenvalue weighted by atomic mass is 35.5. The van der Waals surface area contributed by atoms with Gasteiger partial charge in [0.2, 0.25) is 0 Å². The number of benzene rings is 2. The zero-order valence-electron chi connectivity index (χ0n) is 15.5. The van der Waals surface area contributed by atoms with Gasteiger partial charge in [0.15, 0.2) is 0 Å². The molecule has 0 bridgehead atoms. The third-order valence-corrected chi connectivity index (χ3v) is 5.29. The number of nitriles is 1. The van der Waals surface area contributed by atoms with E-state index in [1.165, 1.54) is 30.3 Å². The number of carbonyl (C=O) groups is 2. The molecule has 1 heterocycles. The molecule has 0 aliphatic carbocycles. The van der Waals surface area contributed by atoms with Crippen LogP contribution in [0.3, 0.4) is 0 Å². The Morgan fingerprint density at radius 3 is 2.48 bits per heavy atom. The van der Waals surface area contributed by atoms with Crippen molar-refractivity contribution in [2.45, 2.75) is 18.3 Å². The zero-order chi connectivity index (χ0) is 20.9. The largest absolute Gasteiger partial charge is 0.381 e. The number of nitrogens with one attached hydrogen (secondary N) is 2. The van der Waals surface area contributed by atoms with Crippen LogP contribution in [0.15, 0.2) is 42.5 Å². The van der Waals surface area contributed by atoms with Crippen molar-refractivity contribution in [3.8, 4) is 6.07 Å². The minimum Gasteiger partial charge on any atom is -0.381 e. The average molecular weight is 416 g/mol. The number of anilines is 1. The van der Waals surface area contributed by atoms with Gasteiger partial charge in [-0.1, -0.05) is 23.7 Å². The van der Waals surface area contributed by atoms with E-state index < -0.39 is 17.2 Å². The highest BCUT2D eigenvalue weighted by Crippen LogP contribution is 2.34. The summed E-state index contributed by atoms with van der Waals surface area (Å²) in [6.07, 6.45) is 1.26. The van der Waals surface area contributed by atoms with Gasteiger partial charge >= 0.3 is 11.8 Å². The third kappa shape index (κ3) is 4.91. The molecule has 0 saturated carbocycles. The van der Waals surface area contributed by atoms with Crippen molar-refractivity contribution < 1.29 is 18.7 Å². The SMILES string of the molecule is N#Cc1ccc(Cl)cc1NC(=O)C(=O)NCC1(c2ccc(F)cc2)CCOCC1. The first-order valence-corrected chi connectivity index (χ1v) is 9.44. The fourth-order valence-corrected chi connectivity index (χ4v) is 3.53. The zero-order valence-corrected chi connectivity index (χ0v) is 16.3. The van der Waals surface area contributed by atoms with Crippen LogP contribution in [0.4, 0.5) is 10.1 Å². The minimum absolute atomic E-state index is 0.166. The molecule has 0 unspecified atom stereocenters. The number of nitrogens with zero attached hydrogens (tertiary/aromatic N) is 1. The van der Waals surface area contributed by atoms with Crippen molar-refractivity contribution in [2.24, 2.45) is 0 Å². The van der Waals surface area contributed by atoms with Crippen LogP contribution in [0.5, 0.6) is 0 Å². The standard InChI is InChI=1S/C21H19ClFN3O3/c22-16-4-1-14(12-24)18(11-16)26-20(28)19(27)25-13-21(7-9-29-10-8-21)15-2-5-17(23)6-3-15/h1-6,11H,7-10,13H2,(H,25,27)(H,26,28). The fraction of sp³-hybridized carbons (Fsp3) is 0.286. The van der Waals surface area contributed by atoms with Crippen LogP contribution in [0, 0.1) is 17.1 Å². The fourth-order valence-electron chi connectivity index (χ4n) is 3.36. The van der Waals surface area contributed by atoms with E-state index in [1.54, 1.807) is 12.1 Å². The molecule has 6 nitrogen and oxygen atoms in total. The van der Waals surface area contributed by atoms with E-state index in [4.69, 9.17) is 21.6 Å². The smallest absolute Gasteiger partial charge is 0.313 e. The molecule has 1 fully saturated rings. The maximum absolute atomic E-state index is 13.3. The quantitative estimate of drug-likeness (QED) is 0.750. The molecule has 2 amide bonds. The summed E-state index contributed by atoms with van der Waals surface area (Å²) >= 11 is 5.90. The number of hydrogen-bond acceptors (Lipinski definition) is 4. The maximum atomic E-state index is 13.3. The molecule has 8 heteroatoms. The first-order chi connectivity index (χ1) is 13.9. The summed E-state index contributed by atoms with van der Waals surface area (Å²) in [5.74, 6) is -2.07. The Labute approximate surface area is 172 Å². The van der Waals surface area contributed by atoms with Gasteiger partial charge in [-0.15, -0.1) is 0 Å². The molecule has 1 saturated heterocycles. The summed E-state index contributed by atoms with van der Waals surface area (Å²) in [5.41, 5.74) is 0.794. The van der Waals surface area contributed by atoms with E-state index in [9.17, 15) is 14.0 Å². The lowest BCUT2D eigenvalue weighted by atomic mass is 9.74. The molecule has 2 aromatic carbocycles. The molecular weight excluding hydrogens is 397 g/mol. The number of ether oxygens (including phenoxy) is 1. The van der Waals surface area contributed by atoms with E-state index in [0.29, 0.717) is 31.1 Å².